The first-order chi connectivity index (χ1) is 9.58. The molecule has 2 unspecified atom stereocenters. The Hall–Kier alpha value is -1.10. The number of rotatable bonds is 7. The summed E-state index contributed by atoms with van der Waals surface area (Å²) in [5.74, 6) is -1.12. The van der Waals surface area contributed by atoms with Gasteiger partial charge in [0.25, 0.3) is 0 Å². The van der Waals surface area contributed by atoms with Gasteiger partial charge in [0, 0.05) is 17.5 Å². The third-order valence-corrected chi connectivity index (χ3v) is 5.29. The number of nitrogens with zero attached hydrogens (tertiary/aromatic N) is 2. The van der Waals surface area contributed by atoms with Crippen molar-refractivity contribution in [1.82, 2.24) is 4.98 Å². The molecule has 1 aliphatic carbocycles. The summed E-state index contributed by atoms with van der Waals surface area (Å²) < 4.78 is 0. The van der Waals surface area contributed by atoms with Crippen LogP contribution in [0.5, 0.6) is 0 Å². The Balaban J connectivity index is 2.22. The number of unbranched alkanes of at least 4 members (excludes halogenated alkanes) is 1. The normalized spacial score (nSPS) is 18.9. The Morgan fingerprint density at radius 1 is 1.55 bits per heavy atom. The Morgan fingerprint density at radius 3 is 2.90 bits per heavy atom. The Bertz CT molecular complexity index is 472. The van der Waals surface area contributed by atoms with Crippen LogP contribution in [-0.4, -0.2) is 28.6 Å². The summed E-state index contributed by atoms with van der Waals surface area (Å²) in [4.78, 5) is 19.5. The first-order valence-corrected chi connectivity index (χ1v) is 8.39. The lowest BCUT2D eigenvalue weighted by atomic mass is 10.1. The average molecular weight is 296 g/mol. The molecular weight excluding hydrogens is 272 g/mol. The quantitative estimate of drug-likeness (QED) is 0.834. The van der Waals surface area contributed by atoms with Gasteiger partial charge in [0.2, 0.25) is 0 Å². The number of aliphatic carboxylic acids is 1. The van der Waals surface area contributed by atoms with Gasteiger partial charge < -0.3 is 10.0 Å². The van der Waals surface area contributed by atoms with Gasteiger partial charge in [0.1, 0.15) is 5.92 Å². The number of hydrogen-bond acceptors (Lipinski definition) is 4. The van der Waals surface area contributed by atoms with Gasteiger partial charge in [-0.25, -0.2) is 4.98 Å². The molecule has 0 spiro atoms. The Morgan fingerprint density at radius 2 is 2.30 bits per heavy atom. The van der Waals surface area contributed by atoms with Gasteiger partial charge in [-0.1, -0.05) is 20.3 Å². The zero-order valence-electron chi connectivity index (χ0n) is 12.6. The molecule has 20 heavy (non-hydrogen) atoms. The SMILES string of the molecule is CCCCN(c1nc2c(s1)CCC2C(=O)O)C(C)CC. The van der Waals surface area contributed by atoms with Crippen LogP contribution in [-0.2, 0) is 11.2 Å². The molecule has 0 radical (unpaired) electrons. The third kappa shape index (κ3) is 2.97. The summed E-state index contributed by atoms with van der Waals surface area (Å²) in [6.07, 6.45) is 4.97. The molecule has 0 saturated carbocycles. The van der Waals surface area contributed by atoms with E-state index in [1.165, 1.54) is 4.88 Å². The smallest absolute Gasteiger partial charge is 0.312 e. The predicted molar refractivity (Wildman–Crippen MR) is 82.8 cm³/mol. The topological polar surface area (TPSA) is 53.4 Å². The molecule has 1 heterocycles. The van der Waals surface area contributed by atoms with Gasteiger partial charge in [0.15, 0.2) is 5.13 Å². The van der Waals surface area contributed by atoms with Gasteiger partial charge >= 0.3 is 5.97 Å². The molecule has 0 fully saturated rings. The molecule has 112 valence electrons. The molecule has 0 amide bonds. The molecular formula is C15H24N2O2S. The van der Waals surface area contributed by atoms with E-state index in [9.17, 15) is 9.90 Å². The zero-order chi connectivity index (χ0) is 14.7. The highest BCUT2D eigenvalue weighted by atomic mass is 32.1. The molecule has 0 saturated heterocycles. The molecule has 4 nitrogen and oxygen atoms in total. The maximum atomic E-state index is 11.3. The summed E-state index contributed by atoms with van der Waals surface area (Å²) in [7, 11) is 0. The first-order valence-electron chi connectivity index (χ1n) is 7.57. The number of fused-ring (bicyclic) bond motifs is 1. The second-order valence-corrected chi connectivity index (χ2v) is 6.60. The second-order valence-electron chi connectivity index (χ2n) is 5.54. The summed E-state index contributed by atoms with van der Waals surface area (Å²) in [6.45, 7) is 7.61. The van der Waals surface area contributed by atoms with Gasteiger partial charge in [-0.05, 0) is 32.6 Å². The number of carboxylic acids is 1. The lowest BCUT2D eigenvalue weighted by molar-refractivity contribution is -0.138. The van der Waals surface area contributed by atoms with Crippen LogP contribution >= 0.6 is 11.3 Å². The summed E-state index contributed by atoms with van der Waals surface area (Å²) in [5, 5.41) is 10.3. The fourth-order valence-corrected chi connectivity index (χ4v) is 3.90. The van der Waals surface area contributed by atoms with Crippen LogP contribution in [0.4, 0.5) is 5.13 Å². The van der Waals surface area contributed by atoms with E-state index < -0.39 is 5.97 Å². The van der Waals surface area contributed by atoms with Crippen molar-refractivity contribution in [2.45, 2.75) is 64.8 Å². The van der Waals surface area contributed by atoms with Crippen molar-refractivity contribution in [3.05, 3.63) is 10.6 Å². The number of carbonyl (C=O) groups is 1. The second kappa shape index (κ2) is 6.57. The fraction of sp³-hybridized carbons (Fsp3) is 0.733. The van der Waals surface area contributed by atoms with Crippen LogP contribution < -0.4 is 4.90 Å². The number of anilines is 1. The van der Waals surface area contributed by atoms with Crippen molar-refractivity contribution < 1.29 is 9.90 Å². The highest BCUT2D eigenvalue weighted by molar-refractivity contribution is 7.15. The summed E-state index contributed by atoms with van der Waals surface area (Å²) >= 11 is 1.70. The Kier molecular flexibility index (Phi) is 5.02. The van der Waals surface area contributed by atoms with Crippen molar-refractivity contribution in [1.29, 1.82) is 0 Å². The van der Waals surface area contributed by atoms with Gasteiger partial charge in [-0.15, -0.1) is 11.3 Å². The number of hydrogen-bond donors (Lipinski definition) is 1. The van der Waals surface area contributed by atoms with E-state index in [1.807, 2.05) is 0 Å². The minimum Gasteiger partial charge on any atom is -0.481 e. The number of aryl methyl sites for hydroxylation is 1. The number of thiazole rings is 1. The van der Waals surface area contributed by atoms with Crippen LogP contribution in [0.25, 0.3) is 0 Å². The molecule has 0 aromatic carbocycles. The van der Waals surface area contributed by atoms with Gasteiger partial charge in [-0.2, -0.15) is 0 Å². The molecule has 1 aromatic rings. The highest BCUT2D eigenvalue weighted by Gasteiger charge is 2.33. The van der Waals surface area contributed by atoms with E-state index >= 15 is 0 Å². The van der Waals surface area contributed by atoms with Crippen LogP contribution in [0, 0.1) is 0 Å². The molecule has 2 atom stereocenters. The van der Waals surface area contributed by atoms with Crippen LogP contribution in [0.1, 0.15) is 62.9 Å². The minimum atomic E-state index is -0.732. The van der Waals surface area contributed by atoms with Crippen LogP contribution in [0.15, 0.2) is 0 Å². The Labute approximate surface area is 124 Å². The largest absolute Gasteiger partial charge is 0.481 e. The summed E-state index contributed by atoms with van der Waals surface area (Å²) in [5.41, 5.74) is 0.822. The maximum Gasteiger partial charge on any atom is 0.312 e. The average Bonchev–Trinajstić information content (AvgIpc) is 2.98. The molecule has 1 aliphatic rings. The van der Waals surface area contributed by atoms with Crippen molar-refractivity contribution in [2.75, 3.05) is 11.4 Å². The van der Waals surface area contributed by atoms with Crippen molar-refractivity contribution in [3.8, 4) is 0 Å². The molecule has 5 heteroatoms. The van der Waals surface area contributed by atoms with E-state index in [0.717, 1.165) is 43.1 Å². The van der Waals surface area contributed by atoms with E-state index in [4.69, 9.17) is 0 Å². The number of carboxylic acid groups (broad SMARTS) is 1. The fourth-order valence-electron chi connectivity index (χ4n) is 2.63. The standard InChI is InChI=1S/C15H24N2O2S/c1-4-6-9-17(10(3)5-2)15-16-13-11(14(18)19)7-8-12(13)20-15/h10-11H,4-9H2,1-3H3,(H,18,19). The highest BCUT2D eigenvalue weighted by Crippen LogP contribution is 2.40. The van der Waals surface area contributed by atoms with E-state index in [-0.39, 0.29) is 5.92 Å². The molecule has 1 N–H and O–H groups in total. The third-order valence-electron chi connectivity index (χ3n) is 4.13. The number of aromatic nitrogens is 1. The molecule has 0 aliphatic heterocycles. The minimum absolute atomic E-state index is 0.389. The van der Waals surface area contributed by atoms with Crippen LogP contribution in [0.3, 0.4) is 0 Å². The predicted octanol–water partition coefficient (Wildman–Crippen LogP) is 3.66. The van der Waals surface area contributed by atoms with Crippen molar-refractivity contribution in [3.63, 3.8) is 0 Å². The lowest BCUT2D eigenvalue weighted by Gasteiger charge is -2.28. The molecule has 0 bridgehead atoms. The van der Waals surface area contributed by atoms with Crippen molar-refractivity contribution in [2.24, 2.45) is 0 Å². The van der Waals surface area contributed by atoms with E-state index in [1.54, 1.807) is 11.3 Å². The van der Waals surface area contributed by atoms with E-state index in [0.29, 0.717) is 12.5 Å². The summed E-state index contributed by atoms with van der Waals surface area (Å²) in [6, 6.07) is 0.455. The van der Waals surface area contributed by atoms with Crippen LogP contribution in [0.2, 0.25) is 0 Å². The lowest BCUT2D eigenvalue weighted by Crippen LogP contribution is -2.33. The first kappa shape index (κ1) is 15.3. The van der Waals surface area contributed by atoms with Gasteiger partial charge in [0.05, 0.1) is 5.69 Å². The zero-order valence-corrected chi connectivity index (χ0v) is 13.4. The van der Waals surface area contributed by atoms with Gasteiger partial charge in [-0.3, -0.25) is 4.79 Å². The van der Waals surface area contributed by atoms with E-state index in [2.05, 4.69) is 30.7 Å². The van der Waals surface area contributed by atoms with Crippen molar-refractivity contribution >= 4 is 22.4 Å². The molecule has 1 aromatic heterocycles. The monoisotopic (exact) mass is 296 g/mol. The molecule has 2 rings (SSSR count). The maximum absolute atomic E-state index is 11.3.